The minimum atomic E-state index is 0.489. The smallest absolute Gasteiger partial charge is 0.0631 e. The summed E-state index contributed by atoms with van der Waals surface area (Å²) in [4.78, 5) is 2.68. The monoisotopic (exact) mass is 368 g/mol. The fraction of sp³-hybridized carbons (Fsp3) is 0.304. The summed E-state index contributed by atoms with van der Waals surface area (Å²) in [5.41, 5.74) is 2.90. The van der Waals surface area contributed by atoms with E-state index in [4.69, 9.17) is 0 Å². The summed E-state index contributed by atoms with van der Waals surface area (Å²) < 4.78 is 0.489. The zero-order valence-electron chi connectivity index (χ0n) is 15.4. The Balaban J connectivity index is 1.99. The van der Waals surface area contributed by atoms with Crippen LogP contribution in [0.5, 0.6) is 0 Å². The fourth-order valence-corrected chi connectivity index (χ4v) is 4.89. The lowest BCUT2D eigenvalue weighted by molar-refractivity contribution is 0.950. The zero-order valence-corrected chi connectivity index (χ0v) is 17.1. The average Bonchev–Trinajstić information content (AvgIpc) is 2.61. The molecule has 2 rings (SSSR count). The predicted molar refractivity (Wildman–Crippen MR) is 115 cm³/mol. The molecule has 0 saturated carbocycles. The Hall–Kier alpha value is -1.38. The molecule has 0 aromatic heterocycles. The Bertz CT molecular complexity index is 626. The molecule has 0 aliphatic rings. The number of thioether (sulfide) groups is 2. The van der Waals surface area contributed by atoms with Crippen LogP contribution in [-0.4, -0.2) is 4.58 Å². The molecule has 0 spiro atoms. The van der Waals surface area contributed by atoms with Crippen molar-refractivity contribution in [2.45, 2.75) is 54.4 Å². The van der Waals surface area contributed by atoms with Gasteiger partial charge in [-0.15, -0.1) is 23.5 Å². The highest BCUT2D eigenvalue weighted by Crippen LogP contribution is 2.37. The third-order valence-corrected chi connectivity index (χ3v) is 6.35. The van der Waals surface area contributed by atoms with Gasteiger partial charge in [-0.25, -0.2) is 0 Å². The molecule has 0 heterocycles. The molecule has 0 saturated heterocycles. The summed E-state index contributed by atoms with van der Waals surface area (Å²) in [6.07, 6.45) is 8.14. The first kappa shape index (κ1) is 19.9. The Morgan fingerprint density at radius 2 is 1.32 bits per heavy atom. The second kappa shape index (κ2) is 11.3. The van der Waals surface area contributed by atoms with Crippen molar-refractivity contribution >= 4 is 23.5 Å². The van der Waals surface area contributed by atoms with Crippen LogP contribution in [0.25, 0.3) is 0 Å². The van der Waals surface area contributed by atoms with E-state index in [-0.39, 0.29) is 0 Å². The molecule has 0 radical (unpaired) electrons. The van der Waals surface area contributed by atoms with Crippen molar-refractivity contribution in [2.75, 3.05) is 0 Å². The maximum atomic E-state index is 2.43. The summed E-state index contributed by atoms with van der Waals surface area (Å²) in [5, 5.41) is 0. The van der Waals surface area contributed by atoms with Crippen molar-refractivity contribution in [3.05, 3.63) is 84.0 Å². The number of hydrogen-bond acceptors (Lipinski definition) is 2. The first-order valence-corrected chi connectivity index (χ1v) is 10.6. The van der Waals surface area contributed by atoms with E-state index < -0.39 is 0 Å². The molecular formula is C23H28S2. The van der Waals surface area contributed by atoms with E-state index in [1.807, 2.05) is 23.5 Å². The average molecular weight is 369 g/mol. The molecule has 2 aromatic rings. The molecule has 0 bridgehead atoms. The molecule has 0 aliphatic carbocycles. The molecule has 0 aliphatic heterocycles. The Morgan fingerprint density at radius 3 is 1.80 bits per heavy atom. The highest BCUT2D eigenvalue weighted by molar-refractivity contribution is 8.17. The van der Waals surface area contributed by atoms with Crippen molar-refractivity contribution in [1.29, 1.82) is 0 Å². The van der Waals surface area contributed by atoms with Gasteiger partial charge in [-0.1, -0.05) is 59.7 Å². The lowest BCUT2D eigenvalue weighted by atomic mass is 10.1. The minimum Gasteiger partial charge on any atom is -0.111 e. The van der Waals surface area contributed by atoms with Crippen LogP contribution in [0.2, 0.25) is 0 Å². The van der Waals surface area contributed by atoms with Gasteiger partial charge in [0.2, 0.25) is 0 Å². The van der Waals surface area contributed by atoms with Gasteiger partial charge in [-0.05, 0) is 64.3 Å². The highest BCUT2D eigenvalue weighted by Gasteiger charge is 2.11. The van der Waals surface area contributed by atoms with E-state index >= 15 is 0 Å². The summed E-state index contributed by atoms with van der Waals surface area (Å²) in [7, 11) is 0. The van der Waals surface area contributed by atoms with E-state index in [1.54, 1.807) is 0 Å². The zero-order chi connectivity index (χ0) is 17.9. The molecule has 0 atom stereocenters. The quantitative estimate of drug-likeness (QED) is 0.250. The second-order valence-electron chi connectivity index (χ2n) is 6.40. The third kappa shape index (κ3) is 8.51. The van der Waals surface area contributed by atoms with Gasteiger partial charge in [0.25, 0.3) is 0 Å². The number of hydrogen-bond donors (Lipinski definition) is 0. The normalized spacial score (nSPS) is 11.6. The number of benzene rings is 2. The van der Waals surface area contributed by atoms with Gasteiger partial charge in [0.1, 0.15) is 0 Å². The van der Waals surface area contributed by atoms with E-state index in [0.29, 0.717) is 4.58 Å². The van der Waals surface area contributed by atoms with E-state index in [1.165, 1.54) is 20.9 Å². The van der Waals surface area contributed by atoms with Gasteiger partial charge < -0.3 is 0 Å². The van der Waals surface area contributed by atoms with Crippen LogP contribution in [0.3, 0.4) is 0 Å². The molecule has 0 fully saturated rings. The van der Waals surface area contributed by atoms with Crippen molar-refractivity contribution in [3.63, 3.8) is 0 Å². The van der Waals surface area contributed by atoms with Crippen LogP contribution in [0.4, 0.5) is 0 Å². The molecule has 0 nitrogen and oxygen atoms in total. The molecule has 0 amide bonds. The van der Waals surface area contributed by atoms with Gasteiger partial charge in [0.15, 0.2) is 0 Å². The van der Waals surface area contributed by atoms with Crippen LogP contribution in [0.15, 0.2) is 93.8 Å². The fourth-order valence-electron chi connectivity index (χ4n) is 2.41. The molecule has 2 aromatic carbocycles. The van der Waals surface area contributed by atoms with Crippen molar-refractivity contribution in [1.82, 2.24) is 0 Å². The van der Waals surface area contributed by atoms with Crippen LogP contribution in [0.1, 0.15) is 40.0 Å². The summed E-state index contributed by atoms with van der Waals surface area (Å²) in [5.74, 6) is 0. The Kier molecular flexibility index (Phi) is 8.99. The van der Waals surface area contributed by atoms with Gasteiger partial charge >= 0.3 is 0 Å². The molecule has 25 heavy (non-hydrogen) atoms. The highest BCUT2D eigenvalue weighted by atomic mass is 32.2. The Labute approximate surface area is 161 Å². The van der Waals surface area contributed by atoms with Crippen molar-refractivity contribution < 1.29 is 0 Å². The van der Waals surface area contributed by atoms with Crippen LogP contribution in [-0.2, 0) is 0 Å². The molecule has 0 N–H and O–H groups in total. The molecule has 0 unspecified atom stereocenters. The van der Waals surface area contributed by atoms with Crippen LogP contribution in [0, 0.1) is 0 Å². The first-order chi connectivity index (χ1) is 12.1. The minimum absolute atomic E-state index is 0.489. The van der Waals surface area contributed by atoms with Crippen molar-refractivity contribution in [3.8, 4) is 0 Å². The molecular weight excluding hydrogens is 340 g/mol. The van der Waals surface area contributed by atoms with E-state index in [0.717, 1.165) is 19.3 Å². The van der Waals surface area contributed by atoms with Gasteiger partial charge in [0.05, 0.1) is 4.58 Å². The predicted octanol–water partition coefficient (Wildman–Crippen LogP) is 7.98. The van der Waals surface area contributed by atoms with Crippen LogP contribution < -0.4 is 0 Å². The molecule has 132 valence electrons. The number of rotatable bonds is 9. The summed E-state index contributed by atoms with van der Waals surface area (Å²) >= 11 is 3.92. The van der Waals surface area contributed by atoms with E-state index in [2.05, 4.69) is 93.6 Å². The third-order valence-electron chi connectivity index (χ3n) is 3.77. The topological polar surface area (TPSA) is 0 Å². The van der Waals surface area contributed by atoms with Gasteiger partial charge in [-0.3, -0.25) is 0 Å². The van der Waals surface area contributed by atoms with Crippen LogP contribution >= 0.6 is 23.5 Å². The lowest BCUT2D eigenvalue weighted by Crippen LogP contribution is -1.96. The first-order valence-electron chi connectivity index (χ1n) is 8.86. The largest absolute Gasteiger partial charge is 0.111 e. The standard InChI is InChI=1S/C23H28S2/c1-19(2)11-10-12-20(3)17-18-23(24-21-13-6-4-7-14-21)25-22-15-8-5-9-16-22/h4-9,11,13-17,23H,10,12,18H2,1-3H3/b20-17+. The lowest BCUT2D eigenvalue weighted by Gasteiger charge is -2.15. The number of allylic oxidation sites excluding steroid dienone is 4. The second-order valence-corrected chi connectivity index (χ2v) is 9.25. The maximum absolute atomic E-state index is 2.43. The SMILES string of the molecule is CC(C)=CCC/C(C)=C/CC(Sc1ccccc1)Sc1ccccc1. The summed E-state index contributed by atoms with van der Waals surface area (Å²) in [6, 6.07) is 21.4. The molecule has 2 heteroatoms. The maximum Gasteiger partial charge on any atom is 0.0631 e. The summed E-state index contributed by atoms with van der Waals surface area (Å²) in [6.45, 7) is 6.60. The Morgan fingerprint density at radius 1 is 0.800 bits per heavy atom. The van der Waals surface area contributed by atoms with Gasteiger partial charge in [0, 0.05) is 9.79 Å². The van der Waals surface area contributed by atoms with E-state index in [9.17, 15) is 0 Å². The van der Waals surface area contributed by atoms with Crippen molar-refractivity contribution in [2.24, 2.45) is 0 Å². The van der Waals surface area contributed by atoms with Gasteiger partial charge in [-0.2, -0.15) is 0 Å².